The van der Waals surface area contributed by atoms with Crippen molar-refractivity contribution in [3.05, 3.63) is 35.4 Å². The fourth-order valence-electron chi connectivity index (χ4n) is 7.16. The second-order valence-corrected chi connectivity index (χ2v) is 14.9. The van der Waals surface area contributed by atoms with Crippen LogP contribution in [0.4, 0.5) is 0 Å². The van der Waals surface area contributed by atoms with Gasteiger partial charge in [0, 0.05) is 32.4 Å². The molecule has 12 heteroatoms. The van der Waals surface area contributed by atoms with Crippen molar-refractivity contribution in [2.45, 2.75) is 110 Å². The maximum absolute atomic E-state index is 14.3. The van der Waals surface area contributed by atoms with Gasteiger partial charge in [0.15, 0.2) is 0 Å². The van der Waals surface area contributed by atoms with Crippen molar-refractivity contribution in [3.63, 3.8) is 0 Å². The van der Waals surface area contributed by atoms with Crippen LogP contribution in [0, 0.1) is 17.8 Å². The van der Waals surface area contributed by atoms with E-state index < -0.39 is 30.2 Å². The van der Waals surface area contributed by atoms with E-state index in [1.165, 1.54) is 4.90 Å². The van der Waals surface area contributed by atoms with Crippen LogP contribution in [-0.2, 0) is 36.3 Å². The van der Waals surface area contributed by atoms with Crippen molar-refractivity contribution in [2.75, 3.05) is 34.2 Å². The average molecular weight is 687 g/mol. The number of nitrogens with one attached hydrogen (secondary N) is 2. The van der Waals surface area contributed by atoms with Gasteiger partial charge in [-0.05, 0) is 68.7 Å². The highest BCUT2D eigenvalue weighted by molar-refractivity contribution is 7.79. The molecule has 2 aliphatic heterocycles. The van der Waals surface area contributed by atoms with Crippen LogP contribution in [0.2, 0.25) is 0 Å². The Balaban J connectivity index is 1.74. The molecule has 5 atom stereocenters. The first kappa shape index (κ1) is 39.3. The van der Waals surface area contributed by atoms with Crippen molar-refractivity contribution in [2.24, 2.45) is 17.8 Å². The molecular formula is C36H58N6O5S. The van der Waals surface area contributed by atoms with Gasteiger partial charge in [0.05, 0.1) is 6.04 Å². The van der Waals surface area contributed by atoms with E-state index in [4.69, 9.17) is 0 Å². The number of likely N-dealkylation sites (tertiary alicyclic amines) is 2. The molecule has 5 amide bonds. The summed E-state index contributed by atoms with van der Waals surface area (Å²) in [6, 6.07) is 4.53. The summed E-state index contributed by atoms with van der Waals surface area (Å²) < 4.78 is 0. The minimum atomic E-state index is -0.828. The quantitative estimate of drug-likeness (QED) is 0.259. The smallest absolute Gasteiger partial charge is 0.246 e. The summed E-state index contributed by atoms with van der Waals surface area (Å²) >= 11 is 4.29. The molecule has 11 nitrogen and oxygen atoms in total. The Bertz CT molecular complexity index is 1280. The maximum Gasteiger partial charge on any atom is 0.246 e. The summed E-state index contributed by atoms with van der Waals surface area (Å²) in [5, 5.41) is 5.96. The molecule has 0 aromatic heterocycles. The normalized spacial score (nSPS) is 20.0. The van der Waals surface area contributed by atoms with Gasteiger partial charge in [-0.2, -0.15) is 12.6 Å². The Kier molecular flexibility index (Phi) is 14.3. The molecule has 2 heterocycles. The molecular weight excluding hydrogens is 629 g/mol. The Labute approximate surface area is 292 Å². The van der Waals surface area contributed by atoms with Crippen LogP contribution in [-0.4, -0.2) is 114 Å². The molecule has 0 aliphatic carbocycles. The Morgan fingerprint density at radius 3 is 1.85 bits per heavy atom. The van der Waals surface area contributed by atoms with Gasteiger partial charge < -0.3 is 25.3 Å². The van der Waals surface area contributed by atoms with Crippen LogP contribution in [0.15, 0.2) is 24.3 Å². The molecule has 0 saturated carbocycles. The number of thiol groups is 1. The highest BCUT2D eigenvalue weighted by Gasteiger charge is 2.45. The number of nitrogens with zero attached hydrogens (tertiary/aromatic N) is 4. The zero-order chi connectivity index (χ0) is 35.9. The number of likely N-dealkylation sites (N-methyl/N-ethyl adjacent to an activating group) is 2. The number of amides is 5. The molecule has 0 radical (unpaired) electrons. The van der Waals surface area contributed by atoms with Crippen molar-refractivity contribution in [1.29, 1.82) is 0 Å². The number of hydrogen-bond donors (Lipinski definition) is 3. The fraction of sp³-hybridized carbons (Fsp3) is 0.694. The van der Waals surface area contributed by atoms with Gasteiger partial charge in [-0.15, -0.1) is 0 Å². The van der Waals surface area contributed by atoms with Gasteiger partial charge in [-0.3, -0.25) is 28.9 Å². The lowest BCUT2D eigenvalue weighted by atomic mass is 9.96. The zero-order valence-corrected chi connectivity index (χ0v) is 31.3. The molecule has 0 spiro atoms. The van der Waals surface area contributed by atoms with E-state index in [1.54, 1.807) is 16.8 Å². The predicted molar refractivity (Wildman–Crippen MR) is 191 cm³/mol. The van der Waals surface area contributed by atoms with Gasteiger partial charge in [-0.25, -0.2) is 0 Å². The largest absolute Gasteiger partial charge is 0.350 e. The molecule has 1 aromatic carbocycles. The number of carbonyl (C=O) groups excluding carboxylic acids is 5. The van der Waals surface area contributed by atoms with Crippen LogP contribution >= 0.6 is 12.6 Å². The van der Waals surface area contributed by atoms with E-state index in [0.717, 1.165) is 11.1 Å². The predicted octanol–water partition coefficient (Wildman–Crippen LogP) is 2.92. The fourth-order valence-corrected chi connectivity index (χ4v) is 7.37. The van der Waals surface area contributed by atoms with E-state index in [1.807, 2.05) is 84.8 Å². The number of benzene rings is 1. The van der Waals surface area contributed by atoms with Crippen LogP contribution in [0.3, 0.4) is 0 Å². The summed E-state index contributed by atoms with van der Waals surface area (Å²) in [5.41, 5.74) is 2.06. The third-order valence-electron chi connectivity index (χ3n) is 9.67. The van der Waals surface area contributed by atoms with Gasteiger partial charge in [0.25, 0.3) is 0 Å². The van der Waals surface area contributed by atoms with E-state index in [-0.39, 0.29) is 47.3 Å². The molecule has 5 unspecified atom stereocenters. The Morgan fingerprint density at radius 1 is 0.792 bits per heavy atom. The van der Waals surface area contributed by atoms with Gasteiger partial charge >= 0.3 is 0 Å². The highest BCUT2D eigenvalue weighted by atomic mass is 32.1. The molecule has 268 valence electrons. The second kappa shape index (κ2) is 17.5. The second-order valence-electron chi connectivity index (χ2n) is 14.6. The lowest BCUT2D eigenvalue weighted by molar-refractivity contribution is -0.153. The minimum Gasteiger partial charge on any atom is -0.350 e. The molecule has 1 aromatic rings. The lowest BCUT2D eigenvalue weighted by Crippen LogP contribution is -2.61. The molecule has 3 rings (SSSR count). The zero-order valence-electron chi connectivity index (χ0n) is 30.4. The molecule has 0 bridgehead atoms. The van der Waals surface area contributed by atoms with E-state index in [0.29, 0.717) is 51.1 Å². The molecule has 48 heavy (non-hydrogen) atoms. The minimum absolute atomic E-state index is 0.0343. The topological polar surface area (TPSA) is 122 Å². The van der Waals surface area contributed by atoms with Crippen molar-refractivity contribution in [3.8, 4) is 0 Å². The highest BCUT2D eigenvalue weighted by Crippen LogP contribution is 2.28. The van der Waals surface area contributed by atoms with Crippen molar-refractivity contribution in [1.82, 2.24) is 30.2 Å². The van der Waals surface area contributed by atoms with E-state index >= 15 is 0 Å². The molecule has 2 saturated heterocycles. The Morgan fingerprint density at radius 2 is 1.33 bits per heavy atom. The van der Waals surface area contributed by atoms with Gasteiger partial charge in [0.2, 0.25) is 29.5 Å². The number of hydrogen-bond acceptors (Lipinski definition) is 7. The van der Waals surface area contributed by atoms with Crippen molar-refractivity contribution >= 4 is 42.2 Å². The number of carbonyl (C=O) groups is 5. The number of rotatable bonds is 14. The molecule has 2 aliphatic rings. The average Bonchev–Trinajstić information content (AvgIpc) is 3.72. The third-order valence-corrected chi connectivity index (χ3v) is 10.0. The summed E-state index contributed by atoms with van der Waals surface area (Å²) in [7, 11) is 5.29. The summed E-state index contributed by atoms with van der Waals surface area (Å²) in [6.45, 7) is 12.7. The van der Waals surface area contributed by atoms with Crippen molar-refractivity contribution < 1.29 is 24.0 Å². The van der Waals surface area contributed by atoms with Crippen LogP contribution in [0.1, 0.15) is 78.4 Å². The maximum atomic E-state index is 14.3. The third kappa shape index (κ3) is 9.31. The molecule has 2 N–H and O–H groups in total. The summed E-state index contributed by atoms with van der Waals surface area (Å²) in [5.74, 6) is -1.06. The standard InChI is InChI=1S/C36H58N6O5S/c1-22(2)29(38-33(44)30(23(3)4)39(7)8)35(46)40(9)31(24(5)6)36(47)42-19-11-13-28(42)34(45)41-18-10-12-27(41)32(43)37-20-25-14-16-26(21-48)17-15-25/h14-17,22-24,27-31,48H,10-13,18-21H2,1-9H3,(H,37,43)(H,38,44). The first-order chi connectivity index (χ1) is 22.6. The van der Waals surface area contributed by atoms with E-state index in [2.05, 4.69) is 23.3 Å². The summed E-state index contributed by atoms with van der Waals surface area (Å²) in [6.07, 6.45) is 2.43. The van der Waals surface area contributed by atoms with Gasteiger partial charge in [-0.1, -0.05) is 65.8 Å². The van der Waals surface area contributed by atoms with Crippen LogP contribution < -0.4 is 10.6 Å². The van der Waals surface area contributed by atoms with Crippen LogP contribution in [0.25, 0.3) is 0 Å². The molecule has 2 fully saturated rings. The SMILES string of the molecule is CC(C)C(NC(=O)C(C(C)C)N(C)C)C(=O)N(C)C(C(=O)N1CCCC1C(=O)N1CCCC1C(=O)NCc1ccc(CS)cc1)C(C)C. The first-order valence-electron chi connectivity index (χ1n) is 17.4. The van der Waals surface area contributed by atoms with E-state index in [9.17, 15) is 24.0 Å². The Hall–Kier alpha value is -3.12. The summed E-state index contributed by atoms with van der Waals surface area (Å²) in [4.78, 5) is 75.4. The van der Waals surface area contributed by atoms with Gasteiger partial charge in [0.1, 0.15) is 24.2 Å². The lowest BCUT2D eigenvalue weighted by Gasteiger charge is -2.38. The first-order valence-corrected chi connectivity index (χ1v) is 18.0. The monoisotopic (exact) mass is 686 g/mol. The van der Waals surface area contributed by atoms with Crippen LogP contribution in [0.5, 0.6) is 0 Å².